The Bertz CT molecular complexity index is 1510. The Morgan fingerprint density at radius 3 is 2.46 bits per heavy atom. The van der Waals surface area contributed by atoms with E-state index in [2.05, 4.69) is 16.0 Å². The molecule has 212 valence electrons. The van der Waals surface area contributed by atoms with Gasteiger partial charge in [-0.05, 0) is 53.8 Å². The summed E-state index contributed by atoms with van der Waals surface area (Å²) in [7, 11) is 3.10. The first-order valence-corrected chi connectivity index (χ1v) is 14.1. The predicted octanol–water partition coefficient (Wildman–Crippen LogP) is 5.89. The topological polar surface area (TPSA) is 84.9 Å². The molecule has 0 bridgehead atoms. The summed E-state index contributed by atoms with van der Waals surface area (Å²) in [5.74, 6) is 0.214. The highest BCUT2D eigenvalue weighted by Crippen LogP contribution is 2.31. The number of nitrogens with zero attached hydrogens (tertiary/aromatic N) is 4. The molecular weight excluding hydrogens is 516 g/mol. The number of pyridine rings is 2. The van der Waals surface area contributed by atoms with Crippen molar-refractivity contribution in [3.05, 3.63) is 84.2 Å². The number of rotatable bonds is 5. The minimum Gasteiger partial charge on any atom is -0.481 e. The first kappa shape index (κ1) is 28.2. The second kappa shape index (κ2) is 13.4. The van der Waals surface area contributed by atoms with Gasteiger partial charge in [0.2, 0.25) is 5.88 Å². The number of hydrogen-bond acceptors (Lipinski definition) is 6. The number of hydrogen-bond donors (Lipinski definition) is 0. The lowest BCUT2D eigenvalue weighted by atomic mass is 10.0. The van der Waals surface area contributed by atoms with E-state index in [0.717, 1.165) is 59.9 Å². The van der Waals surface area contributed by atoms with Gasteiger partial charge in [-0.3, -0.25) is 14.6 Å². The third-order valence-electron chi connectivity index (χ3n) is 7.52. The summed E-state index contributed by atoms with van der Waals surface area (Å²) in [5, 5.41) is 0.783. The largest absolute Gasteiger partial charge is 0.481 e. The molecule has 2 aromatic carbocycles. The summed E-state index contributed by atoms with van der Waals surface area (Å²) in [6.45, 7) is 1.54. The molecule has 8 nitrogen and oxygen atoms in total. The van der Waals surface area contributed by atoms with Gasteiger partial charge in [0.15, 0.2) is 0 Å². The molecule has 41 heavy (non-hydrogen) atoms. The average molecular weight is 553 g/mol. The maximum absolute atomic E-state index is 14.3. The van der Waals surface area contributed by atoms with E-state index in [1.165, 1.54) is 7.11 Å². The third-order valence-corrected chi connectivity index (χ3v) is 7.52. The number of anilines is 1. The zero-order chi connectivity index (χ0) is 28.6. The number of aromatic nitrogens is 2. The van der Waals surface area contributed by atoms with Gasteiger partial charge in [0.05, 0.1) is 18.2 Å². The molecule has 8 heteroatoms. The Morgan fingerprint density at radius 1 is 0.878 bits per heavy atom. The van der Waals surface area contributed by atoms with Crippen LogP contribution in [-0.2, 0) is 16.1 Å². The highest BCUT2D eigenvalue weighted by molar-refractivity contribution is 6.06. The molecule has 0 fully saturated rings. The van der Waals surface area contributed by atoms with Crippen LogP contribution in [0.25, 0.3) is 22.0 Å². The van der Waals surface area contributed by atoms with Crippen molar-refractivity contribution >= 4 is 28.4 Å². The van der Waals surface area contributed by atoms with Crippen molar-refractivity contribution in [2.45, 2.75) is 38.6 Å². The Kier molecular flexibility index (Phi) is 9.21. The van der Waals surface area contributed by atoms with E-state index in [1.54, 1.807) is 19.4 Å². The van der Waals surface area contributed by atoms with Crippen molar-refractivity contribution < 1.29 is 19.1 Å². The molecule has 2 amide bonds. The monoisotopic (exact) mass is 552 g/mol. The molecule has 0 unspecified atom stereocenters. The smallest absolute Gasteiger partial charge is 0.255 e. The fourth-order valence-corrected chi connectivity index (χ4v) is 5.43. The van der Waals surface area contributed by atoms with Crippen molar-refractivity contribution in [3.8, 4) is 17.0 Å². The van der Waals surface area contributed by atoms with E-state index >= 15 is 0 Å². The molecule has 0 saturated heterocycles. The van der Waals surface area contributed by atoms with Crippen molar-refractivity contribution in [3.63, 3.8) is 0 Å². The summed E-state index contributed by atoms with van der Waals surface area (Å²) in [6.07, 6.45) is 8.45. The van der Waals surface area contributed by atoms with E-state index < -0.39 is 0 Å². The SMILES string of the molecule is COCC(=O)N1CCCCCCCN(C(=O)c2cc(OC)nc3ccccc23)Cc2cc(-c3cccnc3)ccc21. The molecule has 0 saturated carbocycles. The molecule has 0 aliphatic carbocycles. The van der Waals surface area contributed by atoms with Crippen LogP contribution < -0.4 is 9.64 Å². The fourth-order valence-electron chi connectivity index (χ4n) is 5.43. The van der Waals surface area contributed by atoms with Crippen molar-refractivity contribution in [1.29, 1.82) is 0 Å². The van der Waals surface area contributed by atoms with Crippen molar-refractivity contribution in [2.24, 2.45) is 0 Å². The van der Waals surface area contributed by atoms with Crippen molar-refractivity contribution in [2.75, 3.05) is 38.8 Å². The van der Waals surface area contributed by atoms with Crippen LogP contribution in [0.4, 0.5) is 5.69 Å². The molecular formula is C33H36N4O4. The van der Waals surface area contributed by atoms with E-state index in [0.29, 0.717) is 36.6 Å². The molecule has 0 N–H and O–H groups in total. The molecule has 1 aliphatic heterocycles. The summed E-state index contributed by atoms with van der Waals surface area (Å²) in [6, 6.07) is 19.4. The summed E-state index contributed by atoms with van der Waals surface area (Å²) < 4.78 is 10.7. The minimum atomic E-state index is -0.0947. The van der Waals surface area contributed by atoms with E-state index in [9.17, 15) is 9.59 Å². The molecule has 0 radical (unpaired) electrons. The maximum Gasteiger partial charge on any atom is 0.255 e. The van der Waals surface area contributed by atoms with Crippen LogP contribution in [0.15, 0.2) is 73.1 Å². The van der Waals surface area contributed by atoms with Gasteiger partial charge in [-0.25, -0.2) is 4.98 Å². The van der Waals surface area contributed by atoms with Gasteiger partial charge >= 0.3 is 0 Å². The lowest BCUT2D eigenvalue weighted by Gasteiger charge is -2.30. The first-order valence-electron chi connectivity index (χ1n) is 14.1. The Hall–Kier alpha value is -4.30. The van der Waals surface area contributed by atoms with Gasteiger partial charge in [-0.1, -0.05) is 49.6 Å². The summed E-state index contributed by atoms with van der Waals surface area (Å²) in [5.41, 5.74) is 4.91. The second-order valence-corrected chi connectivity index (χ2v) is 10.3. The highest BCUT2D eigenvalue weighted by atomic mass is 16.5. The van der Waals surface area contributed by atoms with E-state index in [1.807, 2.05) is 64.5 Å². The molecule has 1 aliphatic rings. The lowest BCUT2D eigenvalue weighted by Crippen LogP contribution is -2.37. The number of carbonyl (C=O) groups excluding carboxylic acids is 2. The zero-order valence-electron chi connectivity index (χ0n) is 23.7. The lowest BCUT2D eigenvalue weighted by molar-refractivity contribution is -0.122. The third kappa shape index (κ3) is 6.55. The van der Waals surface area contributed by atoms with E-state index in [4.69, 9.17) is 9.47 Å². The summed E-state index contributed by atoms with van der Waals surface area (Å²) in [4.78, 5) is 40.1. The molecule has 3 heterocycles. The average Bonchev–Trinajstić information content (AvgIpc) is 3.00. The van der Waals surface area contributed by atoms with Crippen molar-refractivity contribution in [1.82, 2.24) is 14.9 Å². The van der Waals surface area contributed by atoms with Crippen LogP contribution in [0.3, 0.4) is 0 Å². The highest BCUT2D eigenvalue weighted by Gasteiger charge is 2.25. The Labute approximate surface area is 240 Å². The number of amides is 2. The zero-order valence-corrected chi connectivity index (χ0v) is 23.7. The number of para-hydroxylation sites is 1. The van der Waals surface area contributed by atoms with Crippen LogP contribution in [0, 0.1) is 0 Å². The number of methoxy groups -OCH3 is 2. The summed E-state index contributed by atoms with van der Waals surface area (Å²) >= 11 is 0. The standard InChI is InChI=1S/C33H36N4O4/c1-40-23-32(38)37-18-9-5-3-4-8-17-36(22-26-19-24(14-15-30(26)37)25-11-10-16-34-21-25)33(39)28-20-31(41-2)35-29-13-7-6-12-27(28)29/h6-7,10-16,19-21H,3-5,8-9,17-18,22-23H2,1-2H3. The van der Waals surface area contributed by atoms with Crippen LogP contribution in [0.1, 0.15) is 48.0 Å². The number of fused-ring (bicyclic) bond motifs is 2. The van der Waals surface area contributed by atoms with Crippen LogP contribution in [-0.4, -0.2) is 60.6 Å². The molecule has 2 aromatic heterocycles. The molecule has 5 rings (SSSR count). The van der Waals surface area contributed by atoms with Gasteiger partial charge in [0.1, 0.15) is 6.61 Å². The number of carbonyl (C=O) groups is 2. The normalized spacial score (nSPS) is 14.6. The van der Waals surface area contributed by atoms with Crippen LogP contribution in [0.2, 0.25) is 0 Å². The first-order chi connectivity index (χ1) is 20.1. The number of ether oxygens (including phenoxy) is 2. The van der Waals surface area contributed by atoms with E-state index in [-0.39, 0.29) is 18.4 Å². The number of benzene rings is 2. The van der Waals surface area contributed by atoms with Crippen LogP contribution in [0.5, 0.6) is 5.88 Å². The molecule has 0 spiro atoms. The Morgan fingerprint density at radius 2 is 1.68 bits per heavy atom. The minimum absolute atomic E-state index is 0.00472. The fraction of sp³-hybridized carbons (Fsp3) is 0.333. The van der Waals surface area contributed by atoms with Gasteiger partial charge < -0.3 is 19.3 Å². The van der Waals surface area contributed by atoms with Crippen LogP contribution >= 0.6 is 0 Å². The van der Waals surface area contributed by atoms with Gasteiger partial charge in [-0.2, -0.15) is 0 Å². The Balaban J connectivity index is 1.61. The second-order valence-electron chi connectivity index (χ2n) is 10.3. The van der Waals surface area contributed by atoms with Gasteiger partial charge in [0, 0.05) is 56.3 Å². The maximum atomic E-state index is 14.3. The van der Waals surface area contributed by atoms with Gasteiger partial charge in [0.25, 0.3) is 11.8 Å². The molecule has 4 aromatic rings. The predicted molar refractivity (Wildman–Crippen MR) is 160 cm³/mol. The molecule has 0 atom stereocenters. The quantitative estimate of drug-likeness (QED) is 0.307. The van der Waals surface area contributed by atoms with Gasteiger partial charge in [-0.15, -0.1) is 0 Å².